The van der Waals surface area contributed by atoms with E-state index in [-0.39, 0.29) is 18.3 Å². The number of rotatable bonds is 5. The summed E-state index contributed by atoms with van der Waals surface area (Å²) in [5.41, 5.74) is 0.419. The molecule has 0 aromatic carbocycles. The number of hydrogen-bond donors (Lipinski definition) is 2. The third kappa shape index (κ3) is 4.76. The van der Waals surface area contributed by atoms with Crippen LogP contribution in [0.25, 0.3) is 0 Å². The third-order valence-electron chi connectivity index (χ3n) is 3.43. The van der Waals surface area contributed by atoms with E-state index in [4.69, 9.17) is 0 Å². The summed E-state index contributed by atoms with van der Waals surface area (Å²) in [4.78, 5) is 11.9. The van der Waals surface area contributed by atoms with E-state index in [1.807, 2.05) is 4.68 Å². The van der Waals surface area contributed by atoms with Crippen LogP contribution >= 0.6 is 12.4 Å². The number of carbonyl (C=O) groups is 1. The van der Waals surface area contributed by atoms with E-state index in [1.54, 1.807) is 6.20 Å². The Morgan fingerprint density at radius 1 is 1.50 bits per heavy atom. The zero-order valence-corrected chi connectivity index (χ0v) is 12.9. The number of nitrogens with one attached hydrogen (secondary N) is 2. The lowest BCUT2D eigenvalue weighted by atomic mass is 10.1. The highest BCUT2D eigenvalue weighted by Gasteiger charge is 2.18. The Bertz CT molecular complexity index is 415. The molecular formula is C13H24ClN5O. The zero-order valence-electron chi connectivity index (χ0n) is 12.1. The van der Waals surface area contributed by atoms with Crippen LogP contribution in [0, 0.1) is 5.92 Å². The van der Waals surface area contributed by atoms with E-state index < -0.39 is 0 Å². The predicted molar refractivity (Wildman–Crippen MR) is 80.2 cm³/mol. The highest BCUT2D eigenvalue weighted by atomic mass is 35.5. The molecule has 0 bridgehead atoms. The van der Waals surface area contributed by atoms with Gasteiger partial charge in [0, 0.05) is 6.54 Å². The van der Waals surface area contributed by atoms with Gasteiger partial charge in [-0.2, -0.15) is 0 Å². The largest absolute Gasteiger partial charge is 0.351 e. The van der Waals surface area contributed by atoms with Crippen molar-refractivity contribution < 1.29 is 4.79 Å². The van der Waals surface area contributed by atoms with Crippen molar-refractivity contribution in [3.63, 3.8) is 0 Å². The lowest BCUT2D eigenvalue weighted by Crippen LogP contribution is -2.29. The average Bonchev–Trinajstić information content (AvgIpc) is 2.89. The molecule has 2 N–H and O–H groups in total. The minimum atomic E-state index is -0.124. The molecule has 114 valence electrons. The summed E-state index contributed by atoms with van der Waals surface area (Å²) in [6.07, 6.45) is 4.82. The first-order valence-corrected chi connectivity index (χ1v) is 7.07. The lowest BCUT2D eigenvalue weighted by Gasteiger charge is -2.22. The summed E-state index contributed by atoms with van der Waals surface area (Å²) in [5, 5.41) is 14.2. The lowest BCUT2D eigenvalue weighted by molar-refractivity contribution is 0.0947. The van der Waals surface area contributed by atoms with Crippen molar-refractivity contribution >= 4 is 18.3 Å². The highest BCUT2D eigenvalue weighted by Crippen LogP contribution is 2.16. The summed E-state index contributed by atoms with van der Waals surface area (Å²) >= 11 is 0. The second-order valence-electron chi connectivity index (χ2n) is 5.50. The summed E-state index contributed by atoms with van der Waals surface area (Å²) in [5.74, 6) is 0.464. The van der Waals surface area contributed by atoms with E-state index in [0.29, 0.717) is 24.2 Å². The minimum Gasteiger partial charge on any atom is -0.351 e. The van der Waals surface area contributed by atoms with Crippen molar-refractivity contribution in [2.45, 2.75) is 39.2 Å². The zero-order chi connectivity index (χ0) is 13.7. The summed E-state index contributed by atoms with van der Waals surface area (Å²) in [6, 6.07) is 0.367. The summed E-state index contributed by atoms with van der Waals surface area (Å²) in [7, 11) is 0. The van der Waals surface area contributed by atoms with Crippen LogP contribution in [0.3, 0.4) is 0 Å². The number of hydrogen-bond acceptors (Lipinski definition) is 4. The quantitative estimate of drug-likeness (QED) is 0.862. The molecule has 1 aliphatic rings. The normalized spacial score (nSPS) is 15.9. The number of nitrogens with zero attached hydrogens (tertiary/aromatic N) is 3. The van der Waals surface area contributed by atoms with Crippen LogP contribution in [-0.2, 0) is 0 Å². The van der Waals surface area contributed by atoms with Crippen molar-refractivity contribution in [1.82, 2.24) is 25.6 Å². The molecule has 0 aliphatic carbocycles. The van der Waals surface area contributed by atoms with E-state index >= 15 is 0 Å². The molecule has 20 heavy (non-hydrogen) atoms. The Hall–Kier alpha value is -1.14. The van der Waals surface area contributed by atoms with Crippen molar-refractivity contribution in [2.24, 2.45) is 5.92 Å². The van der Waals surface area contributed by atoms with Crippen molar-refractivity contribution in [1.29, 1.82) is 0 Å². The van der Waals surface area contributed by atoms with Gasteiger partial charge in [-0.1, -0.05) is 19.1 Å². The van der Waals surface area contributed by atoms with Crippen LogP contribution < -0.4 is 10.6 Å². The van der Waals surface area contributed by atoms with Crippen LogP contribution in [-0.4, -0.2) is 40.5 Å². The molecular weight excluding hydrogens is 278 g/mol. The van der Waals surface area contributed by atoms with E-state index in [1.165, 1.54) is 0 Å². The molecule has 0 atom stereocenters. The number of halogens is 1. The second-order valence-corrected chi connectivity index (χ2v) is 5.50. The first kappa shape index (κ1) is 16.9. The van der Waals surface area contributed by atoms with Crippen molar-refractivity contribution in [3.05, 3.63) is 11.9 Å². The molecule has 0 spiro atoms. The van der Waals surface area contributed by atoms with Gasteiger partial charge in [0.05, 0.1) is 12.2 Å². The average molecular weight is 302 g/mol. The van der Waals surface area contributed by atoms with Gasteiger partial charge < -0.3 is 10.6 Å². The topological polar surface area (TPSA) is 71.8 Å². The van der Waals surface area contributed by atoms with Gasteiger partial charge in [0.25, 0.3) is 5.91 Å². The maximum atomic E-state index is 11.9. The molecule has 1 saturated heterocycles. The Kier molecular flexibility index (Phi) is 6.95. The molecule has 1 aromatic rings. The molecule has 0 unspecified atom stereocenters. The smallest absolute Gasteiger partial charge is 0.273 e. The van der Waals surface area contributed by atoms with Gasteiger partial charge in [0.2, 0.25) is 0 Å². The molecule has 1 aliphatic heterocycles. The molecule has 0 saturated carbocycles. The monoisotopic (exact) mass is 301 g/mol. The first-order chi connectivity index (χ1) is 9.16. The van der Waals surface area contributed by atoms with Crippen LogP contribution in [0.1, 0.15) is 49.6 Å². The van der Waals surface area contributed by atoms with Crippen LogP contribution in [0.4, 0.5) is 0 Å². The predicted octanol–water partition coefficient (Wildman–Crippen LogP) is 1.40. The van der Waals surface area contributed by atoms with Gasteiger partial charge >= 0.3 is 0 Å². The Labute approximate surface area is 126 Å². The fourth-order valence-corrected chi connectivity index (χ4v) is 2.20. The van der Waals surface area contributed by atoms with Gasteiger partial charge in [-0.05, 0) is 38.3 Å². The molecule has 7 heteroatoms. The van der Waals surface area contributed by atoms with Crippen LogP contribution in [0.2, 0.25) is 0 Å². The third-order valence-corrected chi connectivity index (χ3v) is 3.43. The maximum Gasteiger partial charge on any atom is 0.273 e. The van der Waals surface area contributed by atoms with Crippen LogP contribution in [0.5, 0.6) is 0 Å². The van der Waals surface area contributed by atoms with Crippen LogP contribution in [0.15, 0.2) is 6.20 Å². The first-order valence-electron chi connectivity index (χ1n) is 7.07. The minimum absolute atomic E-state index is 0. The number of piperidine rings is 1. The van der Waals surface area contributed by atoms with Crippen molar-refractivity contribution in [3.8, 4) is 0 Å². The Balaban J connectivity index is 0.00000200. The standard InChI is InChI=1S/C13H23N5O.ClH/c1-10(2)3-8-15-13(19)12-9-18(17-16-12)11-4-6-14-7-5-11;/h9-11,14H,3-8H2,1-2H3,(H,15,19);1H. The molecule has 2 heterocycles. The van der Waals surface area contributed by atoms with Gasteiger partial charge in [0.15, 0.2) is 5.69 Å². The Morgan fingerprint density at radius 3 is 2.85 bits per heavy atom. The van der Waals surface area contributed by atoms with E-state index in [9.17, 15) is 4.79 Å². The Morgan fingerprint density at radius 2 is 2.20 bits per heavy atom. The molecule has 6 nitrogen and oxygen atoms in total. The fraction of sp³-hybridized carbons (Fsp3) is 0.769. The van der Waals surface area contributed by atoms with Gasteiger partial charge in [-0.25, -0.2) is 4.68 Å². The van der Waals surface area contributed by atoms with Gasteiger partial charge in [-0.3, -0.25) is 4.79 Å². The van der Waals surface area contributed by atoms with Gasteiger partial charge in [0.1, 0.15) is 0 Å². The number of amides is 1. The second kappa shape index (κ2) is 8.21. The summed E-state index contributed by atoms with van der Waals surface area (Å²) < 4.78 is 1.83. The molecule has 1 fully saturated rings. The molecule has 0 radical (unpaired) electrons. The maximum absolute atomic E-state index is 11.9. The highest BCUT2D eigenvalue weighted by molar-refractivity contribution is 5.91. The van der Waals surface area contributed by atoms with Gasteiger partial charge in [-0.15, -0.1) is 17.5 Å². The van der Waals surface area contributed by atoms with Crippen molar-refractivity contribution in [2.75, 3.05) is 19.6 Å². The number of aromatic nitrogens is 3. The molecule has 2 rings (SSSR count). The SMILES string of the molecule is CC(C)CCNC(=O)c1cn(C2CCNCC2)nn1.Cl. The van der Waals surface area contributed by atoms with E-state index in [2.05, 4.69) is 34.8 Å². The molecule has 1 aromatic heterocycles. The molecule has 1 amide bonds. The number of carbonyl (C=O) groups excluding carboxylic acids is 1. The van der Waals surface area contributed by atoms with E-state index in [0.717, 1.165) is 32.4 Å². The fourth-order valence-electron chi connectivity index (χ4n) is 2.20. The summed E-state index contributed by atoms with van der Waals surface area (Å²) in [6.45, 7) is 6.97.